The molecule has 1 aromatic heterocycles. The van der Waals surface area contributed by atoms with E-state index in [0.29, 0.717) is 18.2 Å². The van der Waals surface area contributed by atoms with Crippen molar-refractivity contribution < 1.29 is 4.39 Å². The van der Waals surface area contributed by atoms with Gasteiger partial charge in [-0.3, -0.25) is 0 Å². The topological polar surface area (TPSA) is 57.8 Å². The van der Waals surface area contributed by atoms with Crippen LogP contribution in [0.4, 0.5) is 10.1 Å². The molecule has 1 aliphatic heterocycles. The van der Waals surface area contributed by atoms with Gasteiger partial charge < -0.3 is 15.5 Å². The summed E-state index contributed by atoms with van der Waals surface area (Å²) >= 11 is 1.63. The third-order valence-electron chi connectivity index (χ3n) is 3.86. The van der Waals surface area contributed by atoms with Gasteiger partial charge in [0.15, 0.2) is 5.96 Å². The second kappa shape index (κ2) is 6.95. The maximum atomic E-state index is 13.8. The Morgan fingerprint density at radius 3 is 2.70 bits per heavy atom. The Labute approximate surface area is 139 Å². The summed E-state index contributed by atoms with van der Waals surface area (Å²) in [5.41, 5.74) is 6.74. The van der Waals surface area contributed by atoms with Crippen molar-refractivity contribution in [1.82, 2.24) is 9.88 Å². The minimum atomic E-state index is -0.178. The summed E-state index contributed by atoms with van der Waals surface area (Å²) in [5.74, 6) is 0.368. The van der Waals surface area contributed by atoms with Crippen molar-refractivity contribution >= 4 is 23.0 Å². The van der Waals surface area contributed by atoms with Gasteiger partial charge in [0.1, 0.15) is 5.82 Å². The predicted octanol–water partition coefficient (Wildman–Crippen LogP) is 2.23. The first kappa shape index (κ1) is 15.7. The number of para-hydroxylation sites is 1. The van der Waals surface area contributed by atoms with Crippen molar-refractivity contribution in [1.29, 1.82) is 0 Å². The monoisotopic (exact) mass is 333 g/mol. The fourth-order valence-electron chi connectivity index (χ4n) is 2.62. The van der Waals surface area contributed by atoms with E-state index in [1.165, 1.54) is 6.07 Å². The van der Waals surface area contributed by atoms with Gasteiger partial charge in [0.05, 0.1) is 17.2 Å². The lowest BCUT2D eigenvalue weighted by Crippen LogP contribution is -2.51. The summed E-state index contributed by atoms with van der Waals surface area (Å²) in [5, 5.41) is 1.03. The second-order valence-corrected chi connectivity index (χ2v) is 6.76. The quantitative estimate of drug-likeness (QED) is 0.691. The van der Waals surface area contributed by atoms with Crippen LogP contribution in [0.25, 0.3) is 0 Å². The molecule has 2 N–H and O–H groups in total. The average molecular weight is 333 g/mol. The number of guanidine groups is 1. The van der Waals surface area contributed by atoms with Gasteiger partial charge >= 0.3 is 0 Å². The first-order valence-electron chi connectivity index (χ1n) is 7.59. The Bertz CT molecular complexity index is 691. The van der Waals surface area contributed by atoms with E-state index in [-0.39, 0.29) is 5.82 Å². The fraction of sp³-hybridized carbons (Fsp3) is 0.375. The van der Waals surface area contributed by atoms with Gasteiger partial charge in [-0.1, -0.05) is 12.1 Å². The summed E-state index contributed by atoms with van der Waals surface area (Å²) in [6, 6.07) is 6.88. The fourth-order valence-corrected chi connectivity index (χ4v) is 3.34. The molecular weight excluding hydrogens is 313 g/mol. The maximum absolute atomic E-state index is 13.8. The normalized spacial score (nSPS) is 16.0. The Kier molecular flexibility index (Phi) is 4.76. The maximum Gasteiger partial charge on any atom is 0.191 e. The van der Waals surface area contributed by atoms with Gasteiger partial charge in [-0.2, -0.15) is 0 Å². The lowest BCUT2D eigenvalue weighted by Gasteiger charge is -2.36. The zero-order chi connectivity index (χ0) is 16.2. The third-order valence-corrected chi connectivity index (χ3v) is 4.76. The number of nitrogens with zero attached hydrogens (tertiary/aromatic N) is 4. The molecule has 0 bridgehead atoms. The number of anilines is 1. The van der Waals surface area contributed by atoms with E-state index in [1.54, 1.807) is 17.4 Å². The van der Waals surface area contributed by atoms with Gasteiger partial charge in [0.25, 0.3) is 0 Å². The number of aryl methyl sites for hydroxylation is 1. The molecule has 2 heterocycles. The van der Waals surface area contributed by atoms with Crippen molar-refractivity contribution in [2.24, 2.45) is 10.7 Å². The molecule has 3 rings (SSSR count). The highest BCUT2D eigenvalue weighted by Gasteiger charge is 2.20. The van der Waals surface area contributed by atoms with E-state index in [2.05, 4.69) is 9.98 Å². The van der Waals surface area contributed by atoms with Gasteiger partial charge in [-0.15, -0.1) is 11.3 Å². The standard InChI is InChI=1S/C16H20FN5S/c1-12-19-10-13(23-12)11-20-16(18)22-8-6-21(7-9-22)15-5-3-2-4-14(15)17/h2-5,10H,6-9,11H2,1H3,(H2,18,20). The molecule has 1 fully saturated rings. The molecule has 1 aliphatic rings. The summed E-state index contributed by atoms with van der Waals surface area (Å²) < 4.78 is 13.8. The van der Waals surface area contributed by atoms with Gasteiger partial charge in [-0.05, 0) is 19.1 Å². The highest BCUT2D eigenvalue weighted by atomic mass is 32.1. The molecule has 1 saturated heterocycles. The van der Waals surface area contributed by atoms with Crippen LogP contribution in [0.2, 0.25) is 0 Å². The number of aliphatic imine (C=N–C) groups is 1. The zero-order valence-electron chi connectivity index (χ0n) is 13.1. The van der Waals surface area contributed by atoms with Gasteiger partial charge in [-0.25, -0.2) is 14.4 Å². The number of nitrogens with two attached hydrogens (primary N) is 1. The number of thiazole rings is 1. The molecule has 0 unspecified atom stereocenters. The zero-order valence-corrected chi connectivity index (χ0v) is 13.9. The first-order chi connectivity index (χ1) is 11.1. The minimum absolute atomic E-state index is 0.178. The molecule has 23 heavy (non-hydrogen) atoms. The molecule has 5 nitrogen and oxygen atoms in total. The average Bonchev–Trinajstić information content (AvgIpc) is 2.99. The van der Waals surface area contributed by atoms with E-state index in [0.717, 1.165) is 36.1 Å². The summed E-state index contributed by atoms with van der Waals surface area (Å²) in [6.45, 7) is 5.48. The third kappa shape index (κ3) is 3.79. The van der Waals surface area contributed by atoms with Crippen LogP contribution in [0.3, 0.4) is 0 Å². The second-order valence-electron chi connectivity index (χ2n) is 5.45. The van der Waals surface area contributed by atoms with E-state index in [4.69, 9.17) is 5.73 Å². The van der Waals surface area contributed by atoms with Crippen LogP contribution >= 0.6 is 11.3 Å². The molecule has 0 radical (unpaired) electrons. The molecule has 2 aromatic rings. The van der Waals surface area contributed by atoms with Crippen molar-refractivity contribution in [3.05, 3.63) is 46.2 Å². The molecule has 0 spiro atoms. The van der Waals surface area contributed by atoms with E-state index >= 15 is 0 Å². The Morgan fingerprint density at radius 1 is 1.30 bits per heavy atom. The van der Waals surface area contributed by atoms with Crippen LogP contribution in [0.1, 0.15) is 9.88 Å². The van der Waals surface area contributed by atoms with E-state index in [1.807, 2.05) is 35.1 Å². The lowest BCUT2D eigenvalue weighted by atomic mass is 10.2. The number of rotatable bonds is 3. The van der Waals surface area contributed by atoms with E-state index in [9.17, 15) is 4.39 Å². The number of piperazine rings is 1. The highest BCUT2D eigenvalue weighted by Crippen LogP contribution is 2.20. The van der Waals surface area contributed by atoms with Crippen LogP contribution in [-0.4, -0.2) is 42.0 Å². The number of benzene rings is 1. The molecule has 0 aliphatic carbocycles. The Morgan fingerprint density at radius 2 is 2.04 bits per heavy atom. The van der Waals surface area contributed by atoms with Gasteiger partial charge in [0, 0.05) is 37.3 Å². The smallest absolute Gasteiger partial charge is 0.191 e. The van der Waals surface area contributed by atoms with Gasteiger partial charge in [0.2, 0.25) is 0 Å². The number of hydrogen-bond acceptors (Lipinski definition) is 4. The number of halogens is 1. The number of hydrogen-bond donors (Lipinski definition) is 1. The Hall–Kier alpha value is -2.15. The first-order valence-corrected chi connectivity index (χ1v) is 8.41. The van der Waals surface area contributed by atoms with Crippen molar-refractivity contribution in [3.63, 3.8) is 0 Å². The molecule has 0 atom stereocenters. The molecule has 122 valence electrons. The molecule has 7 heteroatoms. The molecule has 0 amide bonds. The summed E-state index contributed by atoms with van der Waals surface area (Å²) in [6.07, 6.45) is 1.84. The highest BCUT2D eigenvalue weighted by molar-refractivity contribution is 7.11. The van der Waals surface area contributed by atoms with Crippen LogP contribution in [0, 0.1) is 12.7 Å². The van der Waals surface area contributed by atoms with Crippen molar-refractivity contribution in [2.75, 3.05) is 31.1 Å². The number of aromatic nitrogens is 1. The predicted molar refractivity (Wildman–Crippen MR) is 92.4 cm³/mol. The van der Waals surface area contributed by atoms with Crippen molar-refractivity contribution in [3.8, 4) is 0 Å². The molecule has 1 aromatic carbocycles. The molecule has 0 saturated carbocycles. The lowest BCUT2D eigenvalue weighted by molar-refractivity contribution is 0.378. The molecular formula is C16H20FN5S. The van der Waals surface area contributed by atoms with Crippen molar-refractivity contribution in [2.45, 2.75) is 13.5 Å². The summed E-state index contributed by atoms with van der Waals surface area (Å²) in [4.78, 5) is 13.9. The van der Waals surface area contributed by atoms with Crippen LogP contribution in [-0.2, 0) is 6.54 Å². The van der Waals surface area contributed by atoms with Crippen LogP contribution in [0.5, 0.6) is 0 Å². The van der Waals surface area contributed by atoms with Crippen LogP contribution in [0.15, 0.2) is 35.5 Å². The van der Waals surface area contributed by atoms with E-state index < -0.39 is 0 Å². The van der Waals surface area contributed by atoms with Crippen LogP contribution < -0.4 is 10.6 Å². The summed E-state index contributed by atoms with van der Waals surface area (Å²) in [7, 11) is 0. The SMILES string of the molecule is Cc1ncc(CN=C(N)N2CCN(c3ccccc3F)CC2)s1. The Balaban J connectivity index is 1.57. The minimum Gasteiger partial charge on any atom is -0.370 e. The largest absolute Gasteiger partial charge is 0.370 e.